The SMILES string of the molecule is CC(C)OC(=O)c1ccc([C@@H](CCC(C)(C)C)N2C(=O)C(c3cc(Cl)cc(Cl)c3)=NC23CCN(S(=O)(=O)C2CC2)CC3)cc1.CC(C)OC(=O)c1ccc([C@@H](CCC(C)(C)C)N2C(=O)C(c3cc(Cl)cc(Cl)c3)=NC23CCNCC3)cc1.CCN(CC)CC.O=S(=O)(Cl)C1CC1. The van der Waals surface area contributed by atoms with Crippen molar-refractivity contribution in [3.63, 3.8) is 0 Å². The molecule has 2 saturated carbocycles. The van der Waals surface area contributed by atoms with E-state index in [2.05, 4.69) is 72.5 Å². The molecule has 4 fully saturated rings. The van der Waals surface area contributed by atoms with E-state index >= 15 is 0 Å². The van der Waals surface area contributed by atoms with Crippen molar-refractivity contribution in [3.8, 4) is 0 Å². The molecule has 1 N–H and O–H groups in total. The van der Waals surface area contributed by atoms with Crippen LogP contribution in [0.15, 0.2) is 94.9 Å². The van der Waals surface area contributed by atoms with Gasteiger partial charge in [-0.3, -0.25) is 19.6 Å². The molecule has 0 aromatic heterocycles. The number of halogens is 5. The summed E-state index contributed by atoms with van der Waals surface area (Å²) in [5, 5.41) is 4.63. The standard InChI is InChI=1S/C33H41Cl2N3O5S.C30H37Cl2N3O3.C6H15N.C3H5ClO2S/c1-21(2)43-31(40)23-8-6-22(7-9-23)28(12-13-32(3,4)5)38-30(39)29(24-18-25(34)20-26(35)19-24)36-33(38)14-16-37(17-15-33)44(41,42)27-10-11-27;1-19(2)38-28(37)21-8-6-20(7-9-21)25(10-11-29(3,4)5)35-27(36)26(22-16-23(31)18-24(32)17-22)34-30(35)12-14-33-15-13-30;1-4-7(5-2)6-3;4-7(5,6)3-1-2-3/h6-9,18-21,27-28H,10-17H2,1-5H3;6-9,16-19,25,33H,10-15H2,1-5H3;4-6H2,1-3H3;3H,1-2H2/t28-;25-;;/m11../s1. The van der Waals surface area contributed by atoms with Gasteiger partial charge in [0.15, 0.2) is 0 Å². The number of esters is 2. The summed E-state index contributed by atoms with van der Waals surface area (Å²) in [6, 6.07) is 24.3. The number of nitrogens with zero attached hydrogens (tertiary/aromatic N) is 6. The van der Waals surface area contributed by atoms with E-state index in [0.29, 0.717) is 93.0 Å². The summed E-state index contributed by atoms with van der Waals surface area (Å²) in [5.41, 5.74) is 3.06. The average Bonchev–Trinajstić information content (AvgIpc) is 1.57. The fourth-order valence-electron chi connectivity index (χ4n) is 12.4. The topological polar surface area (TPSA) is 205 Å². The molecule has 528 valence electrons. The molecule has 0 bridgehead atoms. The summed E-state index contributed by atoms with van der Waals surface area (Å²) in [6.07, 6.45) is 7.76. The molecule has 4 aromatic carbocycles. The van der Waals surface area contributed by atoms with E-state index < -0.39 is 36.4 Å². The number of aliphatic imine (C=N–C) groups is 2. The molecule has 4 aliphatic heterocycles. The van der Waals surface area contributed by atoms with Crippen LogP contribution in [0.2, 0.25) is 20.1 Å². The molecular weight excluding hydrogens is 1360 g/mol. The largest absolute Gasteiger partial charge is 0.459 e. The first-order valence-corrected chi connectivity index (χ1v) is 39.1. The van der Waals surface area contributed by atoms with Crippen LogP contribution >= 0.6 is 57.1 Å². The monoisotopic (exact) mass is 1460 g/mol. The molecule has 24 heteroatoms. The third-order valence-electron chi connectivity index (χ3n) is 17.9. The van der Waals surface area contributed by atoms with E-state index in [9.17, 15) is 36.0 Å². The van der Waals surface area contributed by atoms with E-state index in [4.69, 9.17) is 76.5 Å². The molecule has 2 aliphatic carbocycles. The second-order valence-electron chi connectivity index (χ2n) is 28.6. The number of benzene rings is 4. The molecule has 17 nitrogen and oxygen atoms in total. The molecule has 2 spiro atoms. The second kappa shape index (κ2) is 33.2. The Labute approximate surface area is 595 Å². The van der Waals surface area contributed by atoms with Gasteiger partial charge < -0.3 is 29.5 Å². The van der Waals surface area contributed by atoms with Gasteiger partial charge in [-0.1, -0.05) is 133 Å². The molecule has 10 rings (SSSR count). The van der Waals surface area contributed by atoms with Crippen LogP contribution in [0.4, 0.5) is 0 Å². The van der Waals surface area contributed by atoms with Gasteiger partial charge in [0.05, 0.1) is 45.9 Å². The van der Waals surface area contributed by atoms with Gasteiger partial charge in [0, 0.05) is 80.7 Å². The number of carbonyl (C=O) groups excluding carboxylic acids is 4. The smallest absolute Gasteiger partial charge is 0.338 e. The minimum absolute atomic E-state index is 0.0128. The average molecular weight is 1460 g/mol. The molecule has 2 amide bonds. The minimum Gasteiger partial charge on any atom is -0.459 e. The second-order valence-corrected chi connectivity index (χ2v) is 35.5. The Hall–Kier alpha value is -4.67. The highest BCUT2D eigenvalue weighted by molar-refractivity contribution is 8.14. The number of carbonyl (C=O) groups is 4. The van der Waals surface area contributed by atoms with Gasteiger partial charge in [-0.05, 0) is 194 Å². The molecular formula is C72H98Cl5N7O10S2. The van der Waals surface area contributed by atoms with Crippen LogP contribution < -0.4 is 5.32 Å². The summed E-state index contributed by atoms with van der Waals surface area (Å²) in [4.78, 5) is 70.3. The fourth-order valence-corrected chi connectivity index (χ4v) is 16.5. The Bertz CT molecular complexity index is 3620. The first kappa shape index (κ1) is 78.7. The Morgan fingerprint density at radius 1 is 0.573 bits per heavy atom. The zero-order valence-electron chi connectivity index (χ0n) is 58.0. The zero-order valence-corrected chi connectivity index (χ0v) is 63.4. The number of nitrogens with one attached hydrogen (secondary N) is 1. The highest BCUT2D eigenvalue weighted by Gasteiger charge is 2.55. The first-order valence-electron chi connectivity index (χ1n) is 33.7. The molecule has 0 unspecified atom stereocenters. The third kappa shape index (κ3) is 21.2. The maximum Gasteiger partial charge on any atom is 0.338 e. The summed E-state index contributed by atoms with van der Waals surface area (Å²) in [6.45, 7) is 32.6. The van der Waals surface area contributed by atoms with Crippen molar-refractivity contribution in [2.24, 2.45) is 20.8 Å². The van der Waals surface area contributed by atoms with E-state index in [1.807, 2.05) is 47.9 Å². The number of hydrogen-bond donors (Lipinski definition) is 1. The first-order chi connectivity index (χ1) is 44.9. The van der Waals surface area contributed by atoms with E-state index in [-0.39, 0.29) is 82.2 Å². The van der Waals surface area contributed by atoms with E-state index in [1.54, 1.807) is 78.8 Å². The number of piperidine rings is 2. The van der Waals surface area contributed by atoms with Crippen molar-refractivity contribution in [2.45, 2.75) is 213 Å². The lowest BCUT2D eigenvalue weighted by Gasteiger charge is -2.46. The van der Waals surface area contributed by atoms with Crippen LogP contribution in [0, 0.1) is 10.8 Å². The molecule has 4 heterocycles. The summed E-state index contributed by atoms with van der Waals surface area (Å²) < 4.78 is 58.9. The molecule has 6 aliphatic rings. The normalized spacial score (nSPS) is 18.7. The van der Waals surface area contributed by atoms with Crippen molar-refractivity contribution in [3.05, 3.63) is 138 Å². The van der Waals surface area contributed by atoms with Crippen LogP contribution in [0.1, 0.15) is 222 Å². The summed E-state index contributed by atoms with van der Waals surface area (Å²) in [5.74, 6) is -1.12. The van der Waals surface area contributed by atoms with Gasteiger partial charge in [-0.15, -0.1) is 0 Å². The predicted molar refractivity (Wildman–Crippen MR) is 388 cm³/mol. The maximum absolute atomic E-state index is 14.5. The lowest BCUT2D eigenvalue weighted by molar-refractivity contribution is -0.134. The summed E-state index contributed by atoms with van der Waals surface area (Å²) >= 11 is 25.3. The van der Waals surface area contributed by atoms with Gasteiger partial charge in [-0.25, -0.2) is 30.7 Å². The third-order valence-corrected chi connectivity index (χ3v) is 23.2. The van der Waals surface area contributed by atoms with Crippen molar-refractivity contribution >= 4 is 111 Å². The van der Waals surface area contributed by atoms with Crippen molar-refractivity contribution in [1.29, 1.82) is 0 Å². The predicted octanol–water partition coefficient (Wildman–Crippen LogP) is 15.9. The lowest BCUT2D eigenvalue weighted by Crippen LogP contribution is -2.55. The number of amides is 2. The molecule has 0 radical (unpaired) electrons. The van der Waals surface area contributed by atoms with Gasteiger partial charge in [0.25, 0.3) is 11.8 Å². The van der Waals surface area contributed by atoms with Crippen LogP contribution in [0.3, 0.4) is 0 Å². The molecule has 4 aromatic rings. The fraction of sp³-hybridized carbons (Fsp3) is 0.583. The van der Waals surface area contributed by atoms with Crippen molar-refractivity contribution in [1.82, 2.24) is 24.3 Å². The van der Waals surface area contributed by atoms with Gasteiger partial charge in [0.1, 0.15) is 22.7 Å². The minimum atomic E-state index is -3.36. The van der Waals surface area contributed by atoms with Gasteiger partial charge in [-0.2, -0.15) is 0 Å². The van der Waals surface area contributed by atoms with E-state index in [0.717, 1.165) is 56.3 Å². The Morgan fingerprint density at radius 2 is 0.917 bits per heavy atom. The quantitative estimate of drug-likeness (QED) is 0.0648. The van der Waals surface area contributed by atoms with Crippen molar-refractivity contribution < 1.29 is 45.5 Å². The van der Waals surface area contributed by atoms with Crippen molar-refractivity contribution in [2.75, 3.05) is 45.8 Å². The number of ether oxygens (including phenoxy) is 2. The Balaban J connectivity index is 0.000000226. The highest BCUT2D eigenvalue weighted by Crippen LogP contribution is 2.48. The van der Waals surface area contributed by atoms with Gasteiger partial charge >= 0.3 is 11.9 Å². The Kier molecular flexibility index (Phi) is 27.2. The van der Waals surface area contributed by atoms with E-state index in [1.165, 1.54) is 19.6 Å². The number of sulfonamides is 1. The number of hydrogen-bond acceptors (Lipinski definition) is 14. The highest BCUT2D eigenvalue weighted by atomic mass is 35.7. The maximum atomic E-state index is 14.5. The lowest BCUT2D eigenvalue weighted by atomic mass is 9.85. The summed E-state index contributed by atoms with van der Waals surface area (Å²) in [7, 11) is -1.62. The van der Waals surface area contributed by atoms with Crippen LogP contribution in [-0.4, -0.2) is 151 Å². The molecule has 96 heavy (non-hydrogen) atoms. The van der Waals surface area contributed by atoms with Crippen LogP contribution in [0.25, 0.3) is 0 Å². The molecule has 2 atom stereocenters. The zero-order chi connectivity index (χ0) is 70.9. The molecule has 2 saturated heterocycles. The van der Waals surface area contributed by atoms with Gasteiger partial charge in [0.2, 0.25) is 19.1 Å². The number of rotatable bonds is 20. The Morgan fingerprint density at radius 3 is 1.20 bits per heavy atom. The van der Waals surface area contributed by atoms with Crippen LogP contribution in [0.5, 0.6) is 0 Å². The van der Waals surface area contributed by atoms with Crippen LogP contribution in [-0.2, 0) is 38.1 Å².